The third-order valence-corrected chi connectivity index (χ3v) is 4.91. The molecule has 0 atom stereocenters. The monoisotopic (exact) mass is 400 g/mol. The van der Waals surface area contributed by atoms with Gasteiger partial charge in [0.1, 0.15) is 11.5 Å². The molecular weight excluding hydrogens is 384 g/mol. The van der Waals surface area contributed by atoms with Crippen molar-refractivity contribution in [1.82, 2.24) is 0 Å². The number of esters is 1. The minimum Gasteiger partial charge on any atom is -0.454 e. The quantitative estimate of drug-likeness (QED) is 0.365. The molecule has 0 unspecified atom stereocenters. The Morgan fingerprint density at radius 3 is 2.67 bits per heavy atom. The molecule has 148 valence electrons. The van der Waals surface area contributed by atoms with Gasteiger partial charge < -0.3 is 18.9 Å². The van der Waals surface area contributed by atoms with Crippen molar-refractivity contribution in [3.05, 3.63) is 88.7 Å². The summed E-state index contributed by atoms with van der Waals surface area (Å²) < 4.78 is 21.9. The lowest BCUT2D eigenvalue weighted by atomic mass is 10.1. The van der Waals surface area contributed by atoms with Crippen molar-refractivity contribution in [2.75, 3.05) is 6.79 Å². The van der Waals surface area contributed by atoms with Gasteiger partial charge in [-0.05, 0) is 54.5 Å². The maximum absolute atomic E-state index is 12.7. The SMILES string of the molecule is Cc1ccccc1C(=O)Oc1ccc2c(c1)OC(=Cc1ccc3c(c1)OCO3)C2=O. The van der Waals surface area contributed by atoms with E-state index >= 15 is 0 Å². The summed E-state index contributed by atoms with van der Waals surface area (Å²) in [6.07, 6.45) is 1.64. The van der Waals surface area contributed by atoms with Crippen LogP contribution >= 0.6 is 0 Å². The molecule has 0 aliphatic carbocycles. The highest BCUT2D eigenvalue weighted by Crippen LogP contribution is 2.37. The lowest BCUT2D eigenvalue weighted by Gasteiger charge is -2.07. The van der Waals surface area contributed by atoms with Crippen LogP contribution in [0.15, 0.2) is 66.4 Å². The van der Waals surface area contributed by atoms with Gasteiger partial charge in [0.25, 0.3) is 0 Å². The molecule has 0 saturated heterocycles. The molecule has 0 spiro atoms. The van der Waals surface area contributed by atoms with Crippen LogP contribution in [0.4, 0.5) is 0 Å². The average Bonchev–Trinajstić information content (AvgIpc) is 3.32. The lowest BCUT2D eigenvalue weighted by molar-refractivity contribution is 0.0733. The molecule has 2 heterocycles. The highest BCUT2D eigenvalue weighted by atomic mass is 16.7. The Hall–Kier alpha value is -4.06. The third kappa shape index (κ3) is 3.18. The van der Waals surface area contributed by atoms with Crippen molar-refractivity contribution < 1.29 is 28.5 Å². The summed E-state index contributed by atoms with van der Waals surface area (Å²) in [5.41, 5.74) is 2.47. The molecule has 0 fully saturated rings. The van der Waals surface area contributed by atoms with Gasteiger partial charge in [-0.3, -0.25) is 4.79 Å². The topological polar surface area (TPSA) is 71.1 Å². The summed E-state index contributed by atoms with van der Waals surface area (Å²) >= 11 is 0. The minimum absolute atomic E-state index is 0.181. The van der Waals surface area contributed by atoms with Gasteiger partial charge in [-0.1, -0.05) is 24.3 Å². The first-order valence-corrected chi connectivity index (χ1v) is 9.34. The van der Waals surface area contributed by atoms with E-state index in [0.29, 0.717) is 34.1 Å². The number of Topliss-reactive ketones (excluding diaryl/α,β-unsaturated/α-hetero) is 1. The predicted molar refractivity (Wildman–Crippen MR) is 108 cm³/mol. The van der Waals surface area contributed by atoms with Crippen LogP contribution in [-0.2, 0) is 0 Å². The number of hydrogen-bond acceptors (Lipinski definition) is 6. The van der Waals surface area contributed by atoms with Gasteiger partial charge in [-0.2, -0.15) is 0 Å². The molecule has 0 radical (unpaired) electrons. The molecule has 0 amide bonds. The van der Waals surface area contributed by atoms with Crippen molar-refractivity contribution in [3.8, 4) is 23.0 Å². The van der Waals surface area contributed by atoms with Gasteiger partial charge in [-0.25, -0.2) is 4.79 Å². The van der Waals surface area contributed by atoms with E-state index in [1.54, 1.807) is 48.5 Å². The van der Waals surface area contributed by atoms with Crippen LogP contribution in [0.3, 0.4) is 0 Å². The molecule has 0 saturated carbocycles. The second kappa shape index (κ2) is 7.08. The first-order chi connectivity index (χ1) is 14.6. The van der Waals surface area contributed by atoms with Crippen LogP contribution < -0.4 is 18.9 Å². The molecule has 5 rings (SSSR count). The van der Waals surface area contributed by atoms with Gasteiger partial charge in [0, 0.05) is 6.07 Å². The number of rotatable bonds is 3. The largest absolute Gasteiger partial charge is 0.454 e. The van der Waals surface area contributed by atoms with Gasteiger partial charge in [-0.15, -0.1) is 0 Å². The summed E-state index contributed by atoms with van der Waals surface area (Å²) in [6.45, 7) is 2.02. The fraction of sp³-hybridized carbons (Fsp3) is 0.0833. The van der Waals surface area contributed by atoms with E-state index in [-0.39, 0.29) is 18.3 Å². The fourth-order valence-corrected chi connectivity index (χ4v) is 3.35. The summed E-state index contributed by atoms with van der Waals surface area (Å²) in [4.78, 5) is 25.1. The number of carbonyl (C=O) groups is 2. The van der Waals surface area contributed by atoms with Crippen molar-refractivity contribution >= 4 is 17.8 Å². The Kier molecular flexibility index (Phi) is 4.25. The standard InChI is InChI=1S/C24H16O6/c1-14-4-2-3-5-17(14)24(26)29-16-7-8-18-20(12-16)30-22(23(18)25)11-15-6-9-19-21(10-15)28-13-27-19/h2-12H,13H2,1H3. The summed E-state index contributed by atoms with van der Waals surface area (Å²) in [7, 11) is 0. The van der Waals surface area contributed by atoms with E-state index in [9.17, 15) is 9.59 Å². The maximum Gasteiger partial charge on any atom is 0.343 e. The smallest absolute Gasteiger partial charge is 0.343 e. The highest BCUT2D eigenvalue weighted by Gasteiger charge is 2.28. The number of fused-ring (bicyclic) bond motifs is 2. The van der Waals surface area contributed by atoms with Crippen LogP contribution in [0.25, 0.3) is 6.08 Å². The normalized spacial score (nSPS) is 15.1. The number of benzene rings is 3. The van der Waals surface area contributed by atoms with E-state index < -0.39 is 5.97 Å². The van der Waals surface area contributed by atoms with E-state index in [1.165, 1.54) is 0 Å². The molecule has 3 aromatic rings. The molecular formula is C24H16O6. The second-order valence-electron chi connectivity index (χ2n) is 6.91. The summed E-state index contributed by atoms with van der Waals surface area (Å²) in [5, 5.41) is 0. The number of carbonyl (C=O) groups excluding carboxylic acids is 2. The Balaban J connectivity index is 1.38. The number of hydrogen-bond donors (Lipinski definition) is 0. The highest BCUT2D eigenvalue weighted by molar-refractivity contribution is 6.14. The summed E-state index contributed by atoms with van der Waals surface area (Å²) in [6, 6.07) is 17.3. The molecule has 3 aromatic carbocycles. The predicted octanol–water partition coefficient (Wildman–Crippen LogP) is 4.56. The number of ketones is 1. The molecule has 30 heavy (non-hydrogen) atoms. The molecule has 0 aromatic heterocycles. The second-order valence-corrected chi connectivity index (χ2v) is 6.91. The maximum atomic E-state index is 12.7. The Bertz CT molecular complexity index is 1220. The number of aryl methyl sites for hydroxylation is 1. The fourth-order valence-electron chi connectivity index (χ4n) is 3.35. The van der Waals surface area contributed by atoms with Crippen molar-refractivity contribution in [3.63, 3.8) is 0 Å². The van der Waals surface area contributed by atoms with Crippen molar-refractivity contribution in [2.45, 2.75) is 6.92 Å². The molecule has 6 nitrogen and oxygen atoms in total. The van der Waals surface area contributed by atoms with Gasteiger partial charge in [0.15, 0.2) is 17.3 Å². The first-order valence-electron chi connectivity index (χ1n) is 9.34. The van der Waals surface area contributed by atoms with Gasteiger partial charge in [0.2, 0.25) is 12.6 Å². The number of allylic oxidation sites excluding steroid dienone is 1. The average molecular weight is 400 g/mol. The lowest BCUT2D eigenvalue weighted by Crippen LogP contribution is -2.10. The van der Waals surface area contributed by atoms with Crippen LogP contribution in [0, 0.1) is 6.92 Å². The zero-order valence-electron chi connectivity index (χ0n) is 16.0. The van der Waals surface area contributed by atoms with Crippen molar-refractivity contribution in [2.24, 2.45) is 0 Å². The van der Waals surface area contributed by atoms with Gasteiger partial charge in [0.05, 0.1) is 11.1 Å². The zero-order valence-corrected chi connectivity index (χ0v) is 16.0. The van der Waals surface area contributed by atoms with Gasteiger partial charge >= 0.3 is 5.97 Å². The number of ether oxygens (including phenoxy) is 4. The van der Waals surface area contributed by atoms with Crippen LogP contribution in [0.1, 0.15) is 31.8 Å². The Labute approximate surface area is 172 Å². The van der Waals surface area contributed by atoms with E-state index in [0.717, 1.165) is 11.1 Å². The zero-order chi connectivity index (χ0) is 20.7. The van der Waals surface area contributed by atoms with Crippen LogP contribution in [0.5, 0.6) is 23.0 Å². The minimum atomic E-state index is -0.464. The van der Waals surface area contributed by atoms with E-state index in [1.807, 2.05) is 25.1 Å². The van der Waals surface area contributed by atoms with Crippen LogP contribution in [0.2, 0.25) is 0 Å². The molecule has 0 bridgehead atoms. The van der Waals surface area contributed by atoms with E-state index in [4.69, 9.17) is 18.9 Å². The molecule has 2 aliphatic heterocycles. The Morgan fingerprint density at radius 1 is 0.967 bits per heavy atom. The first kappa shape index (κ1) is 18.0. The summed E-state index contributed by atoms with van der Waals surface area (Å²) in [5.74, 6) is 1.43. The van der Waals surface area contributed by atoms with Crippen molar-refractivity contribution in [1.29, 1.82) is 0 Å². The van der Waals surface area contributed by atoms with E-state index in [2.05, 4.69) is 0 Å². The van der Waals surface area contributed by atoms with Crippen LogP contribution in [-0.4, -0.2) is 18.5 Å². The molecule has 2 aliphatic rings. The molecule has 0 N–H and O–H groups in total. The Morgan fingerprint density at radius 2 is 1.80 bits per heavy atom. The third-order valence-electron chi connectivity index (χ3n) is 4.91. The molecule has 6 heteroatoms.